The van der Waals surface area contributed by atoms with Gasteiger partial charge in [-0.1, -0.05) is 5.16 Å². The van der Waals surface area contributed by atoms with Crippen LogP contribution in [0, 0.1) is 0 Å². The summed E-state index contributed by atoms with van der Waals surface area (Å²) in [4.78, 5) is 4.51. The molecule has 2 heterocycles. The standard InChI is InChI=1S/C13H14N2O5S/c1-21(16,17)10-4-2-9(3-5-10)12-14-13(20-15-12)11-8-18-6-7-19-11/h2-5,11H,6-8H2,1H3. The van der Waals surface area contributed by atoms with Gasteiger partial charge in [-0.3, -0.25) is 0 Å². The minimum atomic E-state index is -3.21. The van der Waals surface area contributed by atoms with E-state index >= 15 is 0 Å². The molecule has 1 aliphatic rings. The Labute approximate surface area is 121 Å². The van der Waals surface area contributed by atoms with Gasteiger partial charge in [-0.25, -0.2) is 8.42 Å². The molecule has 8 heteroatoms. The molecule has 0 spiro atoms. The highest BCUT2D eigenvalue weighted by atomic mass is 32.2. The second-order valence-corrected chi connectivity index (χ2v) is 6.70. The topological polar surface area (TPSA) is 91.5 Å². The smallest absolute Gasteiger partial charge is 0.258 e. The van der Waals surface area contributed by atoms with Crippen LogP contribution in [0.2, 0.25) is 0 Å². The zero-order valence-corrected chi connectivity index (χ0v) is 12.2. The largest absolute Gasteiger partial charge is 0.376 e. The third-order valence-corrected chi connectivity index (χ3v) is 4.20. The van der Waals surface area contributed by atoms with E-state index in [-0.39, 0.29) is 11.0 Å². The number of nitrogens with zero attached hydrogens (tertiary/aromatic N) is 2. The first-order valence-corrected chi connectivity index (χ1v) is 8.26. The Morgan fingerprint density at radius 3 is 2.57 bits per heavy atom. The zero-order chi connectivity index (χ0) is 14.9. The van der Waals surface area contributed by atoms with Crippen molar-refractivity contribution in [1.29, 1.82) is 0 Å². The summed E-state index contributed by atoms with van der Waals surface area (Å²) >= 11 is 0. The Kier molecular flexibility index (Phi) is 3.75. The molecular weight excluding hydrogens is 296 g/mol. The average Bonchev–Trinajstić information content (AvgIpc) is 2.97. The van der Waals surface area contributed by atoms with Gasteiger partial charge in [-0.15, -0.1) is 0 Å². The summed E-state index contributed by atoms with van der Waals surface area (Å²) in [6.07, 6.45) is 0.810. The number of aromatic nitrogens is 2. The van der Waals surface area contributed by atoms with Crippen molar-refractivity contribution < 1.29 is 22.4 Å². The minimum absolute atomic E-state index is 0.249. The van der Waals surface area contributed by atoms with Crippen molar-refractivity contribution in [2.75, 3.05) is 26.1 Å². The molecule has 21 heavy (non-hydrogen) atoms. The van der Waals surface area contributed by atoms with Gasteiger partial charge in [0.05, 0.1) is 24.7 Å². The van der Waals surface area contributed by atoms with E-state index < -0.39 is 9.84 Å². The maximum absolute atomic E-state index is 11.4. The number of ether oxygens (including phenoxy) is 2. The van der Waals surface area contributed by atoms with Crippen molar-refractivity contribution in [2.24, 2.45) is 0 Å². The van der Waals surface area contributed by atoms with Gasteiger partial charge >= 0.3 is 0 Å². The summed E-state index contributed by atoms with van der Waals surface area (Å²) in [5, 5.41) is 3.88. The van der Waals surface area contributed by atoms with Crippen LogP contribution in [-0.2, 0) is 19.3 Å². The van der Waals surface area contributed by atoms with Crippen molar-refractivity contribution in [3.8, 4) is 11.4 Å². The molecule has 0 aliphatic carbocycles. The molecule has 3 rings (SSSR count). The summed E-state index contributed by atoms with van der Waals surface area (Å²) in [6, 6.07) is 6.31. The molecule has 0 amide bonds. The Bertz CT molecular complexity index is 717. The first-order valence-electron chi connectivity index (χ1n) is 6.37. The van der Waals surface area contributed by atoms with Crippen molar-refractivity contribution >= 4 is 9.84 Å². The van der Waals surface area contributed by atoms with Crippen LogP contribution >= 0.6 is 0 Å². The van der Waals surface area contributed by atoms with E-state index in [2.05, 4.69) is 10.1 Å². The Balaban J connectivity index is 1.82. The van der Waals surface area contributed by atoms with Gasteiger partial charge in [-0.2, -0.15) is 4.98 Å². The highest BCUT2D eigenvalue weighted by Gasteiger charge is 2.23. The van der Waals surface area contributed by atoms with Gasteiger partial charge in [0.15, 0.2) is 15.9 Å². The first-order chi connectivity index (χ1) is 10.0. The fraction of sp³-hybridized carbons (Fsp3) is 0.385. The quantitative estimate of drug-likeness (QED) is 0.841. The summed E-state index contributed by atoms with van der Waals surface area (Å²) < 4.78 is 38.8. The van der Waals surface area contributed by atoms with Crippen LogP contribution in [-0.4, -0.2) is 44.6 Å². The lowest BCUT2D eigenvalue weighted by atomic mass is 10.2. The molecule has 2 aromatic rings. The van der Waals surface area contributed by atoms with E-state index in [1.807, 2.05) is 0 Å². The molecule has 1 atom stereocenters. The second-order valence-electron chi connectivity index (χ2n) is 4.69. The molecule has 0 N–H and O–H groups in total. The average molecular weight is 310 g/mol. The predicted molar refractivity (Wildman–Crippen MR) is 72.4 cm³/mol. The number of hydrogen-bond donors (Lipinski definition) is 0. The van der Waals surface area contributed by atoms with Gasteiger partial charge in [-0.05, 0) is 24.3 Å². The van der Waals surface area contributed by atoms with Gasteiger partial charge in [0.1, 0.15) is 0 Å². The normalized spacial score (nSPS) is 19.6. The molecule has 7 nitrogen and oxygen atoms in total. The van der Waals surface area contributed by atoms with Crippen LogP contribution in [0.1, 0.15) is 12.0 Å². The highest BCUT2D eigenvalue weighted by Crippen LogP contribution is 2.23. The van der Waals surface area contributed by atoms with Crippen molar-refractivity contribution in [2.45, 2.75) is 11.0 Å². The molecule has 1 aromatic heterocycles. The molecule has 1 saturated heterocycles. The third-order valence-electron chi connectivity index (χ3n) is 3.07. The van der Waals surface area contributed by atoms with Crippen LogP contribution in [0.3, 0.4) is 0 Å². The van der Waals surface area contributed by atoms with E-state index in [0.29, 0.717) is 37.1 Å². The van der Waals surface area contributed by atoms with Gasteiger partial charge < -0.3 is 14.0 Å². The molecule has 1 fully saturated rings. The van der Waals surface area contributed by atoms with E-state index in [1.165, 1.54) is 12.1 Å². The fourth-order valence-electron chi connectivity index (χ4n) is 1.96. The molecule has 1 aliphatic heterocycles. The maximum Gasteiger partial charge on any atom is 0.258 e. The SMILES string of the molecule is CS(=O)(=O)c1ccc(-c2noc(C3COCCO3)n2)cc1. The minimum Gasteiger partial charge on any atom is -0.376 e. The summed E-state index contributed by atoms with van der Waals surface area (Å²) in [7, 11) is -3.21. The van der Waals surface area contributed by atoms with E-state index in [0.717, 1.165) is 6.26 Å². The van der Waals surface area contributed by atoms with Gasteiger partial charge in [0.25, 0.3) is 5.89 Å². The molecular formula is C13H14N2O5S. The summed E-state index contributed by atoms with van der Waals surface area (Å²) in [5.41, 5.74) is 0.675. The van der Waals surface area contributed by atoms with Crippen molar-refractivity contribution in [3.63, 3.8) is 0 Å². The van der Waals surface area contributed by atoms with E-state index in [1.54, 1.807) is 12.1 Å². The Morgan fingerprint density at radius 2 is 1.95 bits per heavy atom. The second kappa shape index (κ2) is 5.55. The number of sulfone groups is 1. The molecule has 1 aromatic carbocycles. The van der Waals surface area contributed by atoms with E-state index in [9.17, 15) is 8.42 Å². The molecule has 112 valence electrons. The fourth-order valence-corrected chi connectivity index (χ4v) is 2.60. The molecule has 0 bridgehead atoms. The zero-order valence-electron chi connectivity index (χ0n) is 11.4. The molecule has 0 radical (unpaired) electrons. The number of hydrogen-bond acceptors (Lipinski definition) is 7. The first kappa shape index (κ1) is 14.2. The van der Waals surface area contributed by atoms with Gasteiger partial charge in [0, 0.05) is 11.8 Å². The summed E-state index contributed by atoms with van der Waals surface area (Å²) in [6.45, 7) is 1.44. The summed E-state index contributed by atoms with van der Waals surface area (Å²) in [5.74, 6) is 0.746. The van der Waals surface area contributed by atoms with Crippen LogP contribution < -0.4 is 0 Å². The number of benzene rings is 1. The number of rotatable bonds is 3. The van der Waals surface area contributed by atoms with Crippen LogP contribution in [0.5, 0.6) is 0 Å². The van der Waals surface area contributed by atoms with Gasteiger partial charge in [0.2, 0.25) is 5.82 Å². The monoisotopic (exact) mass is 310 g/mol. The molecule has 0 saturated carbocycles. The van der Waals surface area contributed by atoms with Crippen molar-refractivity contribution in [3.05, 3.63) is 30.2 Å². The third kappa shape index (κ3) is 3.12. The molecule has 1 unspecified atom stereocenters. The van der Waals surface area contributed by atoms with Crippen LogP contribution in [0.4, 0.5) is 0 Å². The lowest BCUT2D eigenvalue weighted by molar-refractivity contribution is -0.101. The van der Waals surface area contributed by atoms with E-state index in [4.69, 9.17) is 14.0 Å². The maximum atomic E-state index is 11.4. The van der Waals surface area contributed by atoms with Crippen LogP contribution in [0.15, 0.2) is 33.7 Å². The van der Waals surface area contributed by atoms with Crippen molar-refractivity contribution in [1.82, 2.24) is 10.1 Å². The Morgan fingerprint density at radius 1 is 1.19 bits per heavy atom. The Hall–Kier alpha value is -1.77. The lowest BCUT2D eigenvalue weighted by Crippen LogP contribution is -2.22. The lowest BCUT2D eigenvalue weighted by Gasteiger charge is -2.19. The predicted octanol–water partition coefficient (Wildman–Crippen LogP) is 1.23. The van der Waals surface area contributed by atoms with Crippen LogP contribution in [0.25, 0.3) is 11.4 Å². The highest BCUT2D eigenvalue weighted by molar-refractivity contribution is 7.90.